The van der Waals surface area contributed by atoms with Crippen LogP contribution in [0.2, 0.25) is 0 Å². The zero-order chi connectivity index (χ0) is 8.00. The first-order valence-corrected chi connectivity index (χ1v) is 0.894. The standard InChI is InChI=1S/4CN.2Na.H2O.Pt/c4*1-2;;;;/h;;;;;;1H2;/q4*-1;2*+1;;+2. The van der Waals surface area contributed by atoms with Gasteiger partial charge >= 0.3 is 80.2 Å². The van der Waals surface area contributed by atoms with E-state index in [1.54, 1.807) is 0 Å². The van der Waals surface area contributed by atoms with E-state index in [2.05, 4.69) is 0 Å². The van der Waals surface area contributed by atoms with Gasteiger partial charge in [-0.3, -0.25) is 0 Å². The van der Waals surface area contributed by atoms with Crippen LogP contribution in [0.15, 0.2) is 0 Å². The molecule has 2 N–H and O–H groups in total. The third-order valence-corrected chi connectivity index (χ3v) is 0. The maximum absolute atomic E-state index is 6.25. The molecule has 8 heteroatoms. The summed E-state index contributed by atoms with van der Waals surface area (Å²) in [6, 6.07) is 0. The zero-order valence-electron chi connectivity index (χ0n) is 6.61. The van der Waals surface area contributed by atoms with Crippen molar-refractivity contribution in [3.8, 4) is 0 Å². The minimum absolute atomic E-state index is 0. The predicted molar refractivity (Wildman–Crippen MR) is 23.5 cm³/mol. The smallest absolute Gasteiger partial charge is 0.512 e. The molecule has 0 bridgehead atoms. The fourth-order valence-electron chi connectivity index (χ4n) is 0. The Labute approximate surface area is 131 Å². The predicted octanol–water partition coefficient (Wildman–Crippen LogP) is -6.43. The van der Waals surface area contributed by atoms with E-state index >= 15 is 0 Å². The van der Waals surface area contributed by atoms with E-state index in [0.717, 1.165) is 0 Å². The summed E-state index contributed by atoms with van der Waals surface area (Å²) < 4.78 is 0. The topological polar surface area (TPSA) is 127 Å². The van der Waals surface area contributed by atoms with E-state index in [4.69, 9.17) is 47.3 Å². The van der Waals surface area contributed by atoms with Gasteiger partial charge in [0.15, 0.2) is 0 Å². The van der Waals surface area contributed by atoms with Crippen LogP contribution >= 0.6 is 0 Å². The van der Waals surface area contributed by atoms with Crippen LogP contribution < -0.4 is 59.1 Å². The van der Waals surface area contributed by atoms with Gasteiger partial charge in [0, 0.05) is 0 Å². The van der Waals surface area contributed by atoms with Crippen molar-refractivity contribution in [1.29, 1.82) is 21.0 Å². The minimum atomic E-state index is 0. The molecule has 0 heterocycles. The van der Waals surface area contributed by atoms with E-state index < -0.39 is 0 Å². The van der Waals surface area contributed by atoms with Gasteiger partial charge in [-0.2, -0.15) is 0 Å². The molecule has 0 atom stereocenters. The molecule has 0 saturated heterocycles. The van der Waals surface area contributed by atoms with Gasteiger partial charge in [0.05, 0.1) is 0 Å². The fourth-order valence-corrected chi connectivity index (χ4v) is 0. The average Bonchev–Trinajstić information content (AvgIpc) is 2.03. The third kappa shape index (κ3) is 2650. The van der Waals surface area contributed by atoms with Crippen LogP contribution in [0.1, 0.15) is 0 Å². The molecule has 0 aromatic rings. The molecule has 0 aliphatic carbocycles. The first-order valence-electron chi connectivity index (χ1n) is 0.894. The number of hydrogen-bond donors (Lipinski definition) is 0. The van der Waals surface area contributed by atoms with Crippen LogP contribution in [-0.4, -0.2) is 5.48 Å². The molecular formula is C4H2N4Na2OPt. The van der Waals surface area contributed by atoms with E-state index in [-0.39, 0.29) is 85.7 Å². The molecule has 0 fully saturated rings. The van der Waals surface area contributed by atoms with Crippen molar-refractivity contribution in [3.05, 3.63) is 26.3 Å². The van der Waals surface area contributed by atoms with Crippen molar-refractivity contribution in [2.24, 2.45) is 0 Å². The second kappa shape index (κ2) is 3530. The van der Waals surface area contributed by atoms with Gasteiger partial charge in [-0.05, 0) is 0 Å². The first kappa shape index (κ1) is 80.0. The molecule has 5 nitrogen and oxygen atoms in total. The monoisotopic (exact) mass is 363 g/mol. The van der Waals surface area contributed by atoms with Crippen molar-refractivity contribution in [2.45, 2.75) is 0 Å². The summed E-state index contributed by atoms with van der Waals surface area (Å²) in [5.74, 6) is 0. The van der Waals surface area contributed by atoms with Gasteiger partial charge in [0.25, 0.3) is 0 Å². The van der Waals surface area contributed by atoms with Crippen molar-refractivity contribution in [1.82, 2.24) is 0 Å². The van der Waals surface area contributed by atoms with Crippen LogP contribution in [0.5, 0.6) is 0 Å². The van der Waals surface area contributed by atoms with Gasteiger partial charge in [0.2, 0.25) is 0 Å². The van der Waals surface area contributed by atoms with Gasteiger partial charge in [-0.15, -0.1) is 0 Å². The Kier molecular flexibility index (Phi) is 23500. The van der Waals surface area contributed by atoms with Gasteiger partial charge in [-0.25, -0.2) is 0 Å². The number of hydrogen-bond acceptors (Lipinski definition) is 4. The SMILES string of the molecule is O.[C-]#N.[C-]#N.[C-]#N.[C-]#N.[Na+].[Na+].[Pt+2]. The second-order valence-corrected chi connectivity index (χ2v) is 0. The molecule has 0 aliphatic rings. The molecule has 0 rings (SSSR count). The summed E-state index contributed by atoms with van der Waals surface area (Å²) in [7, 11) is 0. The molecule has 12 heavy (non-hydrogen) atoms. The van der Waals surface area contributed by atoms with Crippen LogP contribution in [0.25, 0.3) is 0 Å². The zero-order valence-corrected chi connectivity index (χ0v) is 12.9. The van der Waals surface area contributed by atoms with E-state index in [1.807, 2.05) is 0 Å². The molecule has 0 unspecified atom stereocenters. The van der Waals surface area contributed by atoms with E-state index in [1.165, 1.54) is 0 Å². The quantitative estimate of drug-likeness (QED) is 0.313. The molecule has 0 aliphatic heterocycles. The summed E-state index contributed by atoms with van der Waals surface area (Å²) in [6.07, 6.45) is 0. The van der Waals surface area contributed by atoms with E-state index in [9.17, 15) is 0 Å². The first-order chi connectivity index (χ1) is 4.00. The van der Waals surface area contributed by atoms with Gasteiger partial charge < -0.3 is 52.8 Å². The molecule has 0 aromatic carbocycles. The molecule has 0 radical (unpaired) electrons. The second-order valence-electron chi connectivity index (χ2n) is 0. The number of nitrogens with zero attached hydrogens (tertiary/aromatic N) is 4. The Morgan fingerprint density at radius 3 is 0.500 bits per heavy atom. The number of rotatable bonds is 0. The Morgan fingerprint density at radius 1 is 0.500 bits per heavy atom. The maximum atomic E-state index is 6.25. The van der Waals surface area contributed by atoms with Crippen LogP contribution in [0.4, 0.5) is 0 Å². The third-order valence-electron chi connectivity index (χ3n) is 0. The van der Waals surface area contributed by atoms with Crippen molar-refractivity contribution in [2.75, 3.05) is 0 Å². The normalized spacial score (nSPS) is 0.667. The summed E-state index contributed by atoms with van der Waals surface area (Å²) in [5, 5.41) is 25.0. The van der Waals surface area contributed by atoms with Crippen LogP contribution in [0, 0.1) is 47.3 Å². The molecule has 0 saturated carbocycles. The van der Waals surface area contributed by atoms with Crippen LogP contribution in [0.3, 0.4) is 0 Å². The summed E-state index contributed by atoms with van der Waals surface area (Å²) >= 11 is 0. The molecule has 0 spiro atoms. The van der Waals surface area contributed by atoms with Crippen LogP contribution in [-0.2, 0) is 21.1 Å². The molecule has 0 aromatic heterocycles. The Balaban J connectivity index is -0.00000000267. The Morgan fingerprint density at radius 2 is 0.500 bits per heavy atom. The fraction of sp³-hybridized carbons (Fsp3) is 0. The average molecular weight is 363 g/mol. The molecular weight excluding hydrogens is 361 g/mol. The molecule has 0 amide bonds. The minimum Gasteiger partial charge on any atom is -0.512 e. The van der Waals surface area contributed by atoms with Gasteiger partial charge in [0.1, 0.15) is 0 Å². The van der Waals surface area contributed by atoms with Crippen molar-refractivity contribution >= 4 is 0 Å². The Bertz CT molecular complexity index is 68.0. The molecule has 56 valence electrons. The van der Waals surface area contributed by atoms with Gasteiger partial charge in [-0.1, -0.05) is 0 Å². The largest absolute Gasteiger partial charge is 2.00 e. The van der Waals surface area contributed by atoms with Crippen molar-refractivity contribution < 1.29 is 85.7 Å². The Hall–Kier alpha value is 0.608. The van der Waals surface area contributed by atoms with Crippen molar-refractivity contribution in [3.63, 3.8) is 0 Å². The maximum Gasteiger partial charge on any atom is 2.00 e. The summed E-state index contributed by atoms with van der Waals surface area (Å²) in [6.45, 7) is 19.0. The summed E-state index contributed by atoms with van der Waals surface area (Å²) in [4.78, 5) is 0. The van der Waals surface area contributed by atoms with E-state index in [0.29, 0.717) is 0 Å². The summed E-state index contributed by atoms with van der Waals surface area (Å²) in [5.41, 5.74) is 0.